The van der Waals surface area contributed by atoms with Crippen LogP contribution in [0.2, 0.25) is 0 Å². The molecule has 1 fully saturated rings. The lowest BCUT2D eigenvalue weighted by molar-refractivity contribution is -0.120. The van der Waals surface area contributed by atoms with E-state index in [9.17, 15) is 4.79 Å². The molecule has 6 heteroatoms. The summed E-state index contributed by atoms with van der Waals surface area (Å²) >= 11 is 0. The number of hydrogen-bond donors (Lipinski definition) is 3. The van der Waals surface area contributed by atoms with Crippen molar-refractivity contribution in [2.45, 2.75) is 52.0 Å². The number of guanidine groups is 1. The molecule has 0 spiro atoms. The molecule has 1 amide bonds. The van der Waals surface area contributed by atoms with E-state index in [1.807, 2.05) is 6.92 Å². The van der Waals surface area contributed by atoms with Crippen molar-refractivity contribution >= 4 is 11.9 Å². The predicted molar refractivity (Wildman–Crippen MR) is 92.2 cm³/mol. The summed E-state index contributed by atoms with van der Waals surface area (Å²) in [4.78, 5) is 18.3. The fourth-order valence-electron chi connectivity index (χ4n) is 2.85. The Kier molecular flexibility index (Phi) is 9.62. The molecule has 1 aliphatic heterocycles. The number of carbonyl (C=O) groups excluding carboxylic acids is 1. The summed E-state index contributed by atoms with van der Waals surface area (Å²) in [5.74, 6) is 0.698. The van der Waals surface area contributed by atoms with E-state index in [4.69, 9.17) is 0 Å². The van der Waals surface area contributed by atoms with Gasteiger partial charge in [-0.2, -0.15) is 0 Å². The number of piperidine rings is 1. The quantitative estimate of drug-likeness (QED) is 0.461. The number of amides is 1. The number of hydrogen-bond acceptors (Lipinski definition) is 3. The van der Waals surface area contributed by atoms with Crippen LogP contribution in [0.3, 0.4) is 0 Å². The van der Waals surface area contributed by atoms with Gasteiger partial charge in [-0.15, -0.1) is 0 Å². The van der Waals surface area contributed by atoms with E-state index in [1.54, 1.807) is 7.05 Å². The third-order valence-electron chi connectivity index (χ3n) is 4.12. The van der Waals surface area contributed by atoms with Gasteiger partial charge in [-0.25, -0.2) is 0 Å². The van der Waals surface area contributed by atoms with Gasteiger partial charge in [0.25, 0.3) is 0 Å². The maximum Gasteiger partial charge on any atom is 0.239 e. The predicted octanol–water partition coefficient (Wildman–Crippen LogP) is 0.942. The van der Waals surface area contributed by atoms with Gasteiger partial charge >= 0.3 is 0 Å². The van der Waals surface area contributed by atoms with Crippen LogP contribution in [0.25, 0.3) is 0 Å². The summed E-state index contributed by atoms with van der Waals surface area (Å²) in [5, 5.41) is 9.18. The van der Waals surface area contributed by atoms with Crippen LogP contribution < -0.4 is 16.0 Å². The summed E-state index contributed by atoms with van der Waals surface area (Å²) in [6.45, 7) is 8.38. The van der Waals surface area contributed by atoms with Gasteiger partial charge in [-0.1, -0.05) is 20.3 Å². The zero-order chi connectivity index (χ0) is 16.2. The lowest BCUT2D eigenvalue weighted by Crippen LogP contribution is -2.47. The number of nitrogens with one attached hydrogen (secondary N) is 3. The van der Waals surface area contributed by atoms with Gasteiger partial charge in [0.2, 0.25) is 5.91 Å². The summed E-state index contributed by atoms with van der Waals surface area (Å²) in [6, 6.07) is 0.727. The topological polar surface area (TPSA) is 68.8 Å². The van der Waals surface area contributed by atoms with Gasteiger partial charge in [0.05, 0.1) is 6.54 Å². The second kappa shape index (κ2) is 11.3. The van der Waals surface area contributed by atoms with Crippen molar-refractivity contribution < 1.29 is 4.79 Å². The van der Waals surface area contributed by atoms with E-state index in [2.05, 4.69) is 32.8 Å². The Bertz CT molecular complexity index is 345. The van der Waals surface area contributed by atoms with E-state index < -0.39 is 0 Å². The van der Waals surface area contributed by atoms with Crippen LogP contribution in [0.1, 0.15) is 46.0 Å². The lowest BCUT2D eigenvalue weighted by atomic mass is 10.0. The van der Waals surface area contributed by atoms with E-state index >= 15 is 0 Å². The average Bonchev–Trinajstić information content (AvgIpc) is 2.56. The Morgan fingerprint density at radius 2 is 2.00 bits per heavy atom. The van der Waals surface area contributed by atoms with Crippen molar-refractivity contribution in [2.75, 3.05) is 39.8 Å². The normalized spacial score (nSPS) is 19.8. The summed E-state index contributed by atoms with van der Waals surface area (Å²) < 4.78 is 0. The highest BCUT2D eigenvalue weighted by Gasteiger charge is 2.19. The molecule has 0 saturated carbocycles. The van der Waals surface area contributed by atoms with Crippen LogP contribution >= 0.6 is 0 Å². The molecule has 0 radical (unpaired) electrons. The summed E-state index contributed by atoms with van der Waals surface area (Å²) in [6.07, 6.45) is 6.17. The van der Waals surface area contributed by atoms with Crippen molar-refractivity contribution in [1.29, 1.82) is 0 Å². The minimum atomic E-state index is 0.00637. The Morgan fingerprint density at radius 3 is 2.68 bits per heavy atom. The Hall–Kier alpha value is -1.30. The largest absolute Gasteiger partial charge is 0.355 e. The molecule has 1 aliphatic rings. The van der Waals surface area contributed by atoms with Crippen LogP contribution in [0.5, 0.6) is 0 Å². The molecular formula is C16H33N5O. The van der Waals surface area contributed by atoms with Crippen molar-refractivity contribution in [2.24, 2.45) is 4.99 Å². The molecule has 0 aromatic rings. The van der Waals surface area contributed by atoms with Crippen LogP contribution in [0.4, 0.5) is 0 Å². The number of likely N-dealkylation sites (tertiary alicyclic amines) is 1. The molecule has 22 heavy (non-hydrogen) atoms. The fraction of sp³-hybridized carbons (Fsp3) is 0.875. The molecule has 128 valence electrons. The minimum Gasteiger partial charge on any atom is -0.355 e. The Labute approximate surface area is 135 Å². The van der Waals surface area contributed by atoms with Crippen molar-refractivity contribution in [3.63, 3.8) is 0 Å². The molecule has 1 heterocycles. The third-order valence-corrected chi connectivity index (χ3v) is 4.12. The fourth-order valence-corrected chi connectivity index (χ4v) is 2.85. The second-order valence-corrected chi connectivity index (χ2v) is 5.80. The zero-order valence-electron chi connectivity index (χ0n) is 14.5. The molecule has 3 N–H and O–H groups in total. The summed E-state index contributed by atoms with van der Waals surface area (Å²) in [5.41, 5.74) is 0. The summed E-state index contributed by atoms with van der Waals surface area (Å²) in [7, 11) is 1.73. The SMILES string of the molecule is CCCNC(=O)CNC(=NC)NCCN1CCCCC1CC. The molecule has 0 bridgehead atoms. The van der Waals surface area contributed by atoms with Gasteiger partial charge in [0, 0.05) is 32.7 Å². The first-order valence-electron chi connectivity index (χ1n) is 8.66. The highest BCUT2D eigenvalue weighted by atomic mass is 16.1. The number of rotatable bonds is 8. The Morgan fingerprint density at radius 1 is 1.18 bits per heavy atom. The van der Waals surface area contributed by atoms with Gasteiger partial charge in [0.1, 0.15) is 0 Å². The van der Waals surface area contributed by atoms with E-state index in [1.165, 1.54) is 32.2 Å². The number of carbonyl (C=O) groups is 1. The zero-order valence-corrected chi connectivity index (χ0v) is 14.5. The Balaban J connectivity index is 2.22. The molecule has 1 saturated heterocycles. The molecule has 0 aliphatic carbocycles. The number of nitrogens with zero attached hydrogens (tertiary/aromatic N) is 2. The average molecular weight is 311 g/mol. The van der Waals surface area contributed by atoms with E-state index in [-0.39, 0.29) is 12.5 Å². The molecule has 1 atom stereocenters. The van der Waals surface area contributed by atoms with Gasteiger partial charge in [0.15, 0.2) is 5.96 Å². The first-order chi connectivity index (χ1) is 10.7. The van der Waals surface area contributed by atoms with Crippen LogP contribution in [0, 0.1) is 0 Å². The molecule has 1 rings (SSSR count). The van der Waals surface area contributed by atoms with Gasteiger partial charge < -0.3 is 16.0 Å². The molecule has 1 unspecified atom stereocenters. The monoisotopic (exact) mass is 311 g/mol. The standard InChI is InChI=1S/C16H33N5O/c1-4-9-18-15(22)13-20-16(17-3)19-10-12-21-11-7-6-8-14(21)5-2/h14H,4-13H2,1-3H3,(H,18,22)(H2,17,19,20). The third kappa shape index (κ3) is 7.11. The van der Waals surface area contributed by atoms with Crippen LogP contribution in [0.15, 0.2) is 4.99 Å². The van der Waals surface area contributed by atoms with Crippen LogP contribution in [-0.2, 0) is 4.79 Å². The molecule has 6 nitrogen and oxygen atoms in total. The maximum absolute atomic E-state index is 11.6. The van der Waals surface area contributed by atoms with Crippen LogP contribution in [-0.4, -0.2) is 62.6 Å². The number of aliphatic imine (C=N–C) groups is 1. The van der Waals surface area contributed by atoms with Crippen molar-refractivity contribution in [3.8, 4) is 0 Å². The highest BCUT2D eigenvalue weighted by molar-refractivity contribution is 5.86. The minimum absolute atomic E-state index is 0.00637. The van der Waals surface area contributed by atoms with E-state index in [0.29, 0.717) is 5.96 Å². The van der Waals surface area contributed by atoms with Gasteiger partial charge in [-0.3, -0.25) is 14.7 Å². The molecular weight excluding hydrogens is 278 g/mol. The highest BCUT2D eigenvalue weighted by Crippen LogP contribution is 2.18. The lowest BCUT2D eigenvalue weighted by Gasteiger charge is -2.35. The van der Waals surface area contributed by atoms with Gasteiger partial charge in [-0.05, 0) is 32.2 Å². The van der Waals surface area contributed by atoms with E-state index in [0.717, 1.165) is 32.1 Å². The first-order valence-corrected chi connectivity index (χ1v) is 8.66. The smallest absolute Gasteiger partial charge is 0.239 e. The maximum atomic E-state index is 11.6. The van der Waals surface area contributed by atoms with Crippen molar-refractivity contribution in [1.82, 2.24) is 20.9 Å². The second-order valence-electron chi connectivity index (χ2n) is 5.80. The molecule has 0 aromatic heterocycles. The molecule has 0 aromatic carbocycles. The first kappa shape index (κ1) is 18.7. The van der Waals surface area contributed by atoms with Crippen molar-refractivity contribution in [3.05, 3.63) is 0 Å².